The molecule has 1 aromatic carbocycles. The molecule has 0 radical (unpaired) electrons. The van der Waals surface area contributed by atoms with Crippen molar-refractivity contribution < 1.29 is 0 Å². The fraction of sp³-hybridized carbons (Fsp3) is 0.625. The lowest BCUT2D eigenvalue weighted by Gasteiger charge is -2.28. The highest BCUT2D eigenvalue weighted by atomic mass is 35.5. The van der Waals surface area contributed by atoms with Gasteiger partial charge >= 0.3 is 0 Å². The standard InChI is InChI=1S/C16H26ClN/c1-4-8-13(9-5-2)16(18-6-3)14-10-7-11-15(17)12-14/h7,10-13,16,18H,4-6,8-9H2,1-3H3. The summed E-state index contributed by atoms with van der Waals surface area (Å²) < 4.78 is 0. The van der Waals surface area contributed by atoms with Crippen molar-refractivity contribution in [2.75, 3.05) is 6.54 Å². The average Bonchev–Trinajstić information content (AvgIpc) is 2.36. The topological polar surface area (TPSA) is 12.0 Å². The van der Waals surface area contributed by atoms with Crippen molar-refractivity contribution in [3.05, 3.63) is 34.9 Å². The highest BCUT2D eigenvalue weighted by molar-refractivity contribution is 6.30. The van der Waals surface area contributed by atoms with E-state index < -0.39 is 0 Å². The predicted octanol–water partition coefficient (Wildman–Crippen LogP) is 5.21. The molecular weight excluding hydrogens is 242 g/mol. The summed E-state index contributed by atoms with van der Waals surface area (Å²) in [6, 6.07) is 8.73. The Hall–Kier alpha value is -0.530. The first-order chi connectivity index (χ1) is 8.72. The van der Waals surface area contributed by atoms with Gasteiger partial charge in [-0.05, 0) is 43.0 Å². The van der Waals surface area contributed by atoms with Crippen LogP contribution in [0.5, 0.6) is 0 Å². The zero-order valence-corrected chi connectivity index (χ0v) is 12.6. The third-order valence-electron chi connectivity index (χ3n) is 3.42. The molecule has 0 bridgehead atoms. The van der Waals surface area contributed by atoms with Gasteiger partial charge in [-0.1, -0.05) is 57.3 Å². The minimum absolute atomic E-state index is 0.439. The maximum Gasteiger partial charge on any atom is 0.0409 e. The fourth-order valence-corrected chi connectivity index (χ4v) is 2.89. The maximum absolute atomic E-state index is 6.12. The zero-order valence-electron chi connectivity index (χ0n) is 11.9. The Morgan fingerprint density at radius 3 is 2.28 bits per heavy atom. The van der Waals surface area contributed by atoms with Gasteiger partial charge in [-0.25, -0.2) is 0 Å². The number of rotatable bonds is 8. The van der Waals surface area contributed by atoms with Crippen LogP contribution in [0.4, 0.5) is 0 Å². The molecule has 1 nitrogen and oxygen atoms in total. The summed E-state index contributed by atoms with van der Waals surface area (Å²) in [7, 11) is 0. The third kappa shape index (κ3) is 4.62. The van der Waals surface area contributed by atoms with Crippen molar-refractivity contribution in [2.45, 2.75) is 52.5 Å². The SMILES string of the molecule is CCCC(CCC)C(NCC)c1cccc(Cl)c1. The Kier molecular flexibility index (Phi) is 7.38. The number of hydrogen-bond donors (Lipinski definition) is 1. The van der Waals surface area contributed by atoms with Crippen LogP contribution in [0.2, 0.25) is 5.02 Å². The van der Waals surface area contributed by atoms with Crippen LogP contribution in [0.3, 0.4) is 0 Å². The van der Waals surface area contributed by atoms with E-state index in [4.69, 9.17) is 11.6 Å². The Bertz CT molecular complexity index is 332. The van der Waals surface area contributed by atoms with Crippen LogP contribution in [0.15, 0.2) is 24.3 Å². The van der Waals surface area contributed by atoms with E-state index >= 15 is 0 Å². The molecule has 0 aliphatic carbocycles. The van der Waals surface area contributed by atoms with Crippen molar-refractivity contribution in [3.63, 3.8) is 0 Å². The van der Waals surface area contributed by atoms with Crippen molar-refractivity contribution >= 4 is 11.6 Å². The molecule has 1 N–H and O–H groups in total. The van der Waals surface area contributed by atoms with Gasteiger partial charge in [-0.2, -0.15) is 0 Å². The summed E-state index contributed by atoms with van der Waals surface area (Å²) in [6.45, 7) is 7.71. The number of nitrogens with one attached hydrogen (secondary N) is 1. The molecule has 1 aromatic rings. The van der Waals surface area contributed by atoms with E-state index in [1.165, 1.54) is 31.2 Å². The first-order valence-electron chi connectivity index (χ1n) is 7.21. The molecule has 102 valence electrons. The molecule has 2 heteroatoms. The van der Waals surface area contributed by atoms with E-state index in [1.54, 1.807) is 0 Å². The second-order valence-electron chi connectivity index (χ2n) is 4.93. The van der Waals surface area contributed by atoms with Crippen molar-refractivity contribution in [1.29, 1.82) is 0 Å². The van der Waals surface area contributed by atoms with Crippen LogP contribution < -0.4 is 5.32 Å². The van der Waals surface area contributed by atoms with Crippen molar-refractivity contribution in [1.82, 2.24) is 5.32 Å². The van der Waals surface area contributed by atoms with E-state index in [-0.39, 0.29) is 0 Å². The lowest BCUT2D eigenvalue weighted by Crippen LogP contribution is -2.28. The molecule has 0 spiro atoms. The Labute approximate surface area is 117 Å². The van der Waals surface area contributed by atoms with Crippen LogP contribution in [-0.2, 0) is 0 Å². The minimum atomic E-state index is 0.439. The van der Waals surface area contributed by atoms with Gasteiger partial charge in [-0.15, -0.1) is 0 Å². The summed E-state index contributed by atoms with van der Waals surface area (Å²) in [5.74, 6) is 0.707. The van der Waals surface area contributed by atoms with Crippen molar-refractivity contribution in [3.8, 4) is 0 Å². The Balaban J connectivity index is 2.91. The molecule has 1 unspecified atom stereocenters. The van der Waals surface area contributed by atoms with Gasteiger partial charge in [0.25, 0.3) is 0 Å². The number of hydrogen-bond acceptors (Lipinski definition) is 1. The molecule has 0 aromatic heterocycles. The molecule has 0 heterocycles. The summed E-state index contributed by atoms with van der Waals surface area (Å²) in [6.07, 6.45) is 5.04. The lowest BCUT2D eigenvalue weighted by atomic mass is 9.86. The smallest absolute Gasteiger partial charge is 0.0409 e. The first-order valence-corrected chi connectivity index (χ1v) is 7.59. The number of halogens is 1. The Morgan fingerprint density at radius 2 is 1.78 bits per heavy atom. The normalized spacial score (nSPS) is 12.9. The van der Waals surface area contributed by atoms with Gasteiger partial charge in [-0.3, -0.25) is 0 Å². The highest BCUT2D eigenvalue weighted by Gasteiger charge is 2.21. The summed E-state index contributed by atoms with van der Waals surface area (Å²) in [4.78, 5) is 0. The van der Waals surface area contributed by atoms with Crippen LogP contribution in [0.25, 0.3) is 0 Å². The summed E-state index contributed by atoms with van der Waals surface area (Å²) in [5.41, 5.74) is 1.33. The van der Waals surface area contributed by atoms with E-state index in [0.717, 1.165) is 11.6 Å². The molecule has 0 aliphatic heterocycles. The van der Waals surface area contributed by atoms with E-state index in [0.29, 0.717) is 12.0 Å². The quantitative estimate of drug-likeness (QED) is 0.682. The van der Waals surface area contributed by atoms with E-state index in [1.807, 2.05) is 6.07 Å². The Morgan fingerprint density at radius 1 is 1.11 bits per heavy atom. The summed E-state index contributed by atoms with van der Waals surface area (Å²) in [5, 5.41) is 4.47. The largest absolute Gasteiger partial charge is 0.310 e. The van der Waals surface area contributed by atoms with Crippen LogP contribution in [0.1, 0.15) is 58.1 Å². The highest BCUT2D eigenvalue weighted by Crippen LogP contribution is 2.30. The van der Waals surface area contributed by atoms with Gasteiger partial charge in [0.1, 0.15) is 0 Å². The van der Waals surface area contributed by atoms with Gasteiger partial charge in [0.15, 0.2) is 0 Å². The van der Waals surface area contributed by atoms with E-state index in [9.17, 15) is 0 Å². The van der Waals surface area contributed by atoms with Gasteiger partial charge in [0.2, 0.25) is 0 Å². The fourth-order valence-electron chi connectivity index (χ4n) is 2.70. The second kappa shape index (κ2) is 8.55. The van der Waals surface area contributed by atoms with Gasteiger partial charge < -0.3 is 5.32 Å². The molecule has 1 atom stereocenters. The second-order valence-corrected chi connectivity index (χ2v) is 5.36. The predicted molar refractivity (Wildman–Crippen MR) is 81.2 cm³/mol. The number of benzene rings is 1. The molecule has 0 amide bonds. The molecule has 18 heavy (non-hydrogen) atoms. The molecule has 0 saturated carbocycles. The average molecular weight is 268 g/mol. The first kappa shape index (κ1) is 15.5. The monoisotopic (exact) mass is 267 g/mol. The molecule has 0 fully saturated rings. The van der Waals surface area contributed by atoms with Crippen LogP contribution in [-0.4, -0.2) is 6.54 Å². The van der Waals surface area contributed by atoms with E-state index in [2.05, 4.69) is 44.3 Å². The minimum Gasteiger partial charge on any atom is -0.310 e. The summed E-state index contributed by atoms with van der Waals surface area (Å²) >= 11 is 6.12. The molecule has 0 saturated heterocycles. The van der Waals surface area contributed by atoms with Gasteiger partial charge in [0.05, 0.1) is 0 Å². The van der Waals surface area contributed by atoms with Gasteiger partial charge in [0, 0.05) is 11.1 Å². The van der Waals surface area contributed by atoms with Crippen LogP contribution >= 0.6 is 11.6 Å². The molecule has 0 aliphatic rings. The third-order valence-corrected chi connectivity index (χ3v) is 3.66. The molecular formula is C16H26ClN. The van der Waals surface area contributed by atoms with Crippen molar-refractivity contribution in [2.24, 2.45) is 5.92 Å². The zero-order chi connectivity index (χ0) is 13.4. The lowest BCUT2D eigenvalue weighted by molar-refractivity contribution is 0.320. The maximum atomic E-state index is 6.12. The molecule has 1 rings (SSSR count). The van der Waals surface area contributed by atoms with Crippen LogP contribution in [0, 0.1) is 5.92 Å².